The molecule has 0 spiro atoms. The number of hydrogen-bond acceptors (Lipinski definition) is 4. The van der Waals surface area contributed by atoms with Gasteiger partial charge in [-0.1, -0.05) is 12.1 Å². The highest BCUT2D eigenvalue weighted by Gasteiger charge is 2.20. The molecule has 0 bridgehead atoms. The molecule has 1 aromatic rings. The number of halogens is 2. The molecule has 1 N–H and O–H groups in total. The van der Waals surface area contributed by atoms with Gasteiger partial charge >= 0.3 is 0 Å². The van der Waals surface area contributed by atoms with E-state index in [2.05, 4.69) is 4.90 Å². The van der Waals surface area contributed by atoms with Crippen molar-refractivity contribution in [1.29, 1.82) is 0 Å². The third kappa shape index (κ3) is 5.19. The first-order valence-corrected chi connectivity index (χ1v) is 7.63. The van der Waals surface area contributed by atoms with Gasteiger partial charge in [-0.05, 0) is 37.2 Å². The van der Waals surface area contributed by atoms with Crippen molar-refractivity contribution in [1.82, 2.24) is 9.80 Å². The Morgan fingerprint density at radius 2 is 1.82 bits per heavy atom. The summed E-state index contributed by atoms with van der Waals surface area (Å²) in [6.07, 6.45) is -2.04. The number of aliphatic hydroxyl groups excluding tert-OH is 1. The molecule has 1 saturated heterocycles. The minimum atomic E-state index is -2.28. The molecule has 1 atom stereocenters. The van der Waals surface area contributed by atoms with Gasteiger partial charge in [-0.2, -0.15) is 0 Å². The number of aliphatic hydroxyl groups is 1. The maximum absolute atomic E-state index is 12.4. The Morgan fingerprint density at radius 1 is 1.14 bits per heavy atom. The molecular formula is C16H24F2N2O2. The zero-order valence-corrected chi connectivity index (χ0v) is 12.9. The van der Waals surface area contributed by atoms with E-state index < -0.39 is 12.5 Å². The fourth-order valence-corrected chi connectivity index (χ4v) is 2.78. The van der Waals surface area contributed by atoms with Crippen LogP contribution in [0.5, 0.6) is 5.75 Å². The number of ether oxygens (including phenoxy) is 1. The summed E-state index contributed by atoms with van der Waals surface area (Å²) in [5, 5.41) is 10.4. The molecule has 0 aromatic heterocycles. The highest BCUT2D eigenvalue weighted by molar-refractivity contribution is 5.29. The van der Waals surface area contributed by atoms with E-state index >= 15 is 0 Å². The van der Waals surface area contributed by atoms with Gasteiger partial charge in [-0.3, -0.25) is 9.80 Å². The first-order valence-electron chi connectivity index (χ1n) is 7.63. The summed E-state index contributed by atoms with van der Waals surface area (Å²) in [7, 11) is 1.60. The fraction of sp³-hybridized carbons (Fsp3) is 0.625. The van der Waals surface area contributed by atoms with Crippen LogP contribution in [0.15, 0.2) is 24.3 Å². The maximum atomic E-state index is 12.4. The average molecular weight is 314 g/mol. The first-order chi connectivity index (χ1) is 10.6. The summed E-state index contributed by atoms with van der Waals surface area (Å²) in [4.78, 5) is 3.93. The van der Waals surface area contributed by atoms with Gasteiger partial charge in [-0.25, -0.2) is 8.78 Å². The number of β-amino-alcohol motifs (C(OH)–C–C–N with tert-alkyl or cyclic N) is 1. The summed E-state index contributed by atoms with van der Waals surface area (Å²) < 4.78 is 30.1. The van der Waals surface area contributed by atoms with Crippen LogP contribution >= 0.6 is 0 Å². The fourth-order valence-electron chi connectivity index (χ4n) is 2.78. The van der Waals surface area contributed by atoms with Gasteiger partial charge in [0, 0.05) is 19.6 Å². The minimum absolute atomic E-state index is 0.160. The van der Waals surface area contributed by atoms with Gasteiger partial charge in [0.2, 0.25) is 0 Å². The Bertz CT molecular complexity index is 460. The van der Waals surface area contributed by atoms with E-state index in [0.29, 0.717) is 26.2 Å². The molecule has 0 amide bonds. The Morgan fingerprint density at radius 3 is 2.45 bits per heavy atom. The summed E-state index contributed by atoms with van der Waals surface area (Å²) in [6.45, 7) is 3.18. The molecule has 2 rings (SSSR count). The van der Waals surface area contributed by atoms with Gasteiger partial charge in [-0.15, -0.1) is 0 Å². The molecule has 22 heavy (non-hydrogen) atoms. The average Bonchev–Trinajstić information content (AvgIpc) is 2.72. The predicted molar refractivity (Wildman–Crippen MR) is 81.5 cm³/mol. The lowest BCUT2D eigenvalue weighted by Gasteiger charge is -2.24. The van der Waals surface area contributed by atoms with Crippen molar-refractivity contribution in [3.63, 3.8) is 0 Å². The molecule has 4 nitrogen and oxygen atoms in total. The maximum Gasteiger partial charge on any atom is 0.251 e. The lowest BCUT2D eigenvalue weighted by Crippen LogP contribution is -2.35. The normalized spacial score (nSPS) is 19.1. The van der Waals surface area contributed by atoms with E-state index in [1.54, 1.807) is 12.0 Å². The third-order valence-electron chi connectivity index (χ3n) is 3.99. The number of rotatable bonds is 6. The van der Waals surface area contributed by atoms with E-state index in [9.17, 15) is 13.9 Å². The molecule has 1 aliphatic heterocycles. The zero-order valence-electron chi connectivity index (χ0n) is 12.9. The van der Waals surface area contributed by atoms with Gasteiger partial charge in [0.25, 0.3) is 6.43 Å². The molecule has 6 heteroatoms. The molecule has 0 saturated carbocycles. The Balaban J connectivity index is 1.87. The van der Waals surface area contributed by atoms with Crippen molar-refractivity contribution >= 4 is 0 Å². The standard InChI is InChI=1S/C16H24F2N2O2/c1-22-14-5-2-4-13(10-14)15(21)11-19-6-3-7-20(9-8-19)12-16(17)18/h2,4-5,10,15-16,21H,3,6-9,11-12H2,1H3. The smallest absolute Gasteiger partial charge is 0.251 e. The number of alkyl halides is 2. The van der Waals surface area contributed by atoms with Crippen molar-refractivity contribution in [2.45, 2.75) is 19.0 Å². The topological polar surface area (TPSA) is 35.9 Å². The van der Waals surface area contributed by atoms with Crippen LogP contribution in [0.3, 0.4) is 0 Å². The van der Waals surface area contributed by atoms with E-state index in [0.717, 1.165) is 24.3 Å². The summed E-state index contributed by atoms with van der Waals surface area (Å²) in [5.74, 6) is 0.718. The lowest BCUT2D eigenvalue weighted by atomic mass is 10.1. The molecule has 1 unspecified atom stereocenters. The van der Waals surface area contributed by atoms with Crippen LogP contribution in [-0.4, -0.2) is 67.7 Å². The second-order valence-electron chi connectivity index (χ2n) is 5.64. The van der Waals surface area contributed by atoms with Gasteiger partial charge in [0.15, 0.2) is 0 Å². The molecule has 1 fully saturated rings. The third-order valence-corrected chi connectivity index (χ3v) is 3.99. The SMILES string of the molecule is COc1cccc(C(O)CN2CCCN(CC(F)F)CC2)c1. The van der Waals surface area contributed by atoms with Crippen molar-refractivity contribution in [2.24, 2.45) is 0 Å². The summed E-state index contributed by atoms with van der Waals surface area (Å²) >= 11 is 0. The van der Waals surface area contributed by atoms with Crippen molar-refractivity contribution in [3.8, 4) is 5.75 Å². The van der Waals surface area contributed by atoms with E-state index in [1.807, 2.05) is 24.3 Å². The lowest BCUT2D eigenvalue weighted by molar-refractivity contribution is 0.0860. The second kappa shape index (κ2) is 8.41. The molecule has 124 valence electrons. The van der Waals surface area contributed by atoms with E-state index in [4.69, 9.17) is 4.74 Å². The van der Waals surface area contributed by atoms with Crippen LogP contribution in [0.1, 0.15) is 18.1 Å². The van der Waals surface area contributed by atoms with E-state index in [-0.39, 0.29) is 6.54 Å². The summed E-state index contributed by atoms with van der Waals surface area (Å²) in [6, 6.07) is 7.38. The molecule has 1 heterocycles. The van der Waals surface area contributed by atoms with Crippen LogP contribution < -0.4 is 4.74 Å². The number of nitrogens with zero attached hydrogens (tertiary/aromatic N) is 2. The van der Waals surface area contributed by atoms with Crippen molar-refractivity contribution < 1.29 is 18.6 Å². The number of hydrogen-bond donors (Lipinski definition) is 1. The molecule has 1 aliphatic rings. The predicted octanol–water partition coefficient (Wildman–Crippen LogP) is 2.00. The molecule has 0 radical (unpaired) electrons. The van der Waals surface area contributed by atoms with Gasteiger partial charge in [0.05, 0.1) is 19.8 Å². The zero-order chi connectivity index (χ0) is 15.9. The number of methoxy groups -OCH3 is 1. The summed E-state index contributed by atoms with van der Waals surface area (Å²) in [5.41, 5.74) is 0.813. The van der Waals surface area contributed by atoms with Crippen LogP contribution in [-0.2, 0) is 0 Å². The quantitative estimate of drug-likeness (QED) is 0.871. The van der Waals surface area contributed by atoms with E-state index in [1.165, 1.54) is 0 Å². The monoisotopic (exact) mass is 314 g/mol. The highest BCUT2D eigenvalue weighted by atomic mass is 19.3. The molecule has 0 aliphatic carbocycles. The largest absolute Gasteiger partial charge is 0.497 e. The molecular weight excluding hydrogens is 290 g/mol. The number of benzene rings is 1. The Labute approximate surface area is 130 Å². The van der Waals surface area contributed by atoms with Crippen molar-refractivity contribution in [3.05, 3.63) is 29.8 Å². The van der Waals surface area contributed by atoms with Crippen LogP contribution in [0.4, 0.5) is 8.78 Å². The Hall–Kier alpha value is -1.24. The van der Waals surface area contributed by atoms with Crippen LogP contribution in [0.25, 0.3) is 0 Å². The van der Waals surface area contributed by atoms with Gasteiger partial charge < -0.3 is 9.84 Å². The minimum Gasteiger partial charge on any atom is -0.497 e. The van der Waals surface area contributed by atoms with Crippen molar-refractivity contribution in [2.75, 3.05) is 46.4 Å². The Kier molecular flexibility index (Phi) is 6.54. The molecule has 1 aromatic carbocycles. The second-order valence-corrected chi connectivity index (χ2v) is 5.64. The van der Waals surface area contributed by atoms with Crippen LogP contribution in [0.2, 0.25) is 0 Å². The highest BCUT2D eigenvalue weighted by Crippen LogP contribution is 2.20. The van der Waals surface area contributed by atoms with Gasteiger partial charge in [0.1, 0.15) is 5.75 Å². The first kappa shape index (κ1) is 17.1. The van der Waals surface area contributed by atoms with Crippen LogP contribution in [0, 0.1) is 0 Å².